The summed E-state index contributed by atoms with van der Waals surface area (Å²) in [7, 11) is 0. The van der Waals surface area contributed by atoms with E-state index in [9.17, 15) is 5.26 Å². The van der Waals surface area contributed by atoms with Gasteiger partial charge in [0.15, 0.2) is 0 Å². The van der Waals surface area contributed by atoms with Gasteiger partial charge in [-0.15, -0.1) is 0 Å². The molecule has 1 N–H and O–H groups in total. The normalized spacial score (nSPS) is 10.3. The smallest absolute Gasteiger partial charge is 0.101 e. The summed E-state index contributed by atoms with van der Waals surface area (Å²) in [5.74, 6) is 0. The van der Waals surface area contributed by atoms with Gasteiger partial charge < -0.3 is 5.32 Å². The highest BCUT2D eigenvalue weighted by atomic mass is 14.9. The number of hydrogen-bond donors (Lipinski definition) is 1. The minimum absolute atomic E-state index is 0.647. The molecule has 0 atom stereocenters. The molecule has 0 amide bonds. The number of pyridine rings is 1. The number of benzene rings is 2. The molecule has 0 bridgehead atoms. The van der Waals surface area contributed by atoms with E-state index in [4.69, 9.17) is 0 Å². The molecular weight excluding hydrogens is 258 g/mol. The second kappa shape index (κ2) is 5.26. The average Bonchev–Trinajstić information content (AvgIpc) is 2.49. The molecule has 3 aromatic rings. The zero-order chi connectivity index (χ0) is 14.8. The quantitative estimate of drug-likeness (QED) is 0.749. The second-order valence-corrected chi connectivity index (χ2v) is 5.06. The van der Waals surface area contributed by atoms with Gasteiger partial charge in [-0.2, -0.15) is 5.26 Å². The number of para-hydroxylation sites is 2. The number of hydrogen-bond acceptors (Lipinski definition) is 3. The lowest BCUT2D eigenvalue weighted by molar-refractivity contribution is 1.25. The van der Waals surface area contributed by atoms with E-state index in [1.807, 2.05) is 62.4 Å². The van der Waals surface area contributed by atoms with Gasteiger partial charge in [-0.05, 0) is 37.6 Å². The van der Waals surface area contributed by atoms with Gasteiger partial charge in [-0.1, -0.05) is 30.3 Å². The first-order valence-corrected chi connectivity index (χ1v) is 6.82. The maximum Gasteiger partial charge on any atom is 0.101 e. The molecule has 3 nitrogen and oxygen atoms in total. The Morgan fingerprint density at radius 1 is 1.05 bits per heavy atom. The van der Waals surface area contributed by atoms with Crippen molar-refractivity contribution in [3.8, 4) is 6.07 Å². The lowest BCUT2D eigenvalue weighted by Crippen LogP contribution is -1.98. The van der Waals surface area contributed by atoms with Crippen molar-refractivity contribution < 1.29 is 0 Å². The molecule has 0 aliphatic heterocycles. The molecule has 21 heavy (non-hydrogen) atoms. The van der Waals surface area contributed by atoms with Crippen LogP contribution in [0.5, 0.6) is 0 Å². The number of nitrogens with zero attached hydrogens (tertiary/aromatic N) is 2. The third kappa shape index (κ3) is 2.44. The Bertz CT molecular complexity index is 860. The fraction of sp³-hybridized carbons (Fsp3) is 0.111. The van der Waals surface area contributed by atoms with Gasteiger partial charge in [0.05, 0.1) is 16.8 Å². The number of fused-ring (bicyclic) bond motifs is 1. The summed E-state index contributed by atoms with van der Waals surface area (Å²) >= 11 is 0. The van der Waals surface area contributed by atoms with Crippen molar-refractivity contribution in [1.82, 2.24) is 4.98 Å². The van der Waals surface area contributed by atoms with E-state index in [2.05, 4.69) is 16.4 Å². The number of nitriles is 1. The predicted octanol–water partition coefficient (Wildman–Crippen LogP) is 4.47. The highest BCUT2D eigenvalue weighted by Gasteiger charge is 2.09. The van der Waals surface area contributed by atoms with Crippen molar-refractivity contribution in [2.75, 3.05) is 5.32 Å². The molecule has 2 aromatic carbocycles. The van der Waals surface area contributed by atoms with E-state index >= 15 is 0 Å². The van der Waals surface area contributed by atoms with Crippen molar-refractivity contribution in [3.05, 3.63) is 65.4 Å². The van der Waals surface area contributed by atoms with Gasteiger partial charge in [0.2, 0.25) is 0 Å². The molecule has 0 fully saturated rings. The number of aromatic nitrogens is 1. The van der Waals surface area contributed by atoms with E-state index in [-0.39, 0.29) is 0 Å². The molecule has 3 heteroatoms. The molecule has 0 unspecified atom stereocenters. The van der Waals surface area contributed by atoms with Gasteiger partial charge in [-0.25, -0.2) is 0 Å². The van der Waals surface area contributed by atoms with Crippen molar-refractivity contribution >= 4 is 22.3 Å². The zero-order valence-electron chi connectivity index (χ0n) is 12.0. The monoisotopic (exact) mass is 273 g/mol. The van der Waals surface area contributed by atoms with Crippen LogP contribution in [0, 0.1) is 25.2 Å². The van der Waals surface area contributed by atoms with E-state index in [1.165, 1.54) is 0 Å². The Hall–Kier alpha value is -2.86. The maximum absolute atomic E-state index is 9.29. The Labute approximate surface area is 123 Å². The van der Waals surface area contributed by atoms with Crippen LogP contribution in [0.1, 0.15) is 16.8 Å². The van der Waals surface area contributed by atoms with Crippen LogP contribution in [0.2, 0.25) is 0 Å². The topological polar surface area (TPSA) is 48.7 Å². The first kappa shape index (κ1) is 13.1. The van der Waals surface area contributed by atoms with Gasteiger partial charge in [0.1, 0.15) is 6.07 Å². The van der Waals surface area contributed by atoms with E-state index in [0.717, 1.165) is 33.5 Å². The third-order valence-corrected chi connectivity index (χ3v) is 3.50. The minimum atomic E-state index is 0.647. The van der Waals surface area contributed by atoms with Gasteiger partial charge in [0, 0.05) is 16.8 Å². The van der Waals surface area contributed by atoms with Crippen molar-refractivity contribution in [2.45, 2.75) is 13.8 Å². The Kier molecular flexibility index (Phi) is 3.29. The molecule has 0 radical (unpaired) electrons. The van der Waals surface area contributed by atoms with Crippen LogP contribution in [0.15, 0.2) is 48.5 Å². The first-order valence-electron chi connectivity index (χ1n) is 6.82. The van der Waals surface area contributed by atoms with Gasteiger partial charge in [0.25, 0.3) is 0 Å². The highest BCUT2D eigenvalue weighted by molar-refractivity contribution is 5.94. The van der Waals surface area contributed by atoms with Crippen LogP contribution < -0.4 is 5.32 Å². The summed E-state index contributed by atoms with van der Waals surface area (Å²) in [4.78, 5) is 4.54. The lowest BCUT2D eigenvalue weighted by atomic mass is 10.1. The third-order valence-electron chi connectivity index (χ3n) is 3.50. The fourth-order valence-electron chi connectivity index (χ4n) is 2.47. The SMILES string of the molecule is Cc1cc(Nc2c(C)cccc2C#N)c2ccccc2n1. The van der Waals surface area contributed by atoms with E-state index < -0.39 is 0 Å². The van der Waals surface area contributed by atoms with Crippen molar-refractivity contribution in [1.29, 1.82) is 5.26 Å². The summed E-state index contributed by atoms with van der Waals surface area (Å²) in [6.45, 7) is 3.97. The molecule has 1 heterocycles. The Morgan fingerprint density at radius 3 is 2.67 bits per heavy atom. The summed E-state index contributed by atoms with van der Waals surface area (Å²) < 4.78 is 0. The largest absolute Gasteiger partial charge is 0.354 e. The summed E-state index contributed by atoms with van der Waals surface area (Å²) in [5.41, 5.74) is 5.43. The number of aryl methyl sites for hydroxylation is 2. The van der Waals surface area contributed by atoms with Crippen molar-refractivity contribution in [3.63, 3.8) is 0 Å². The van der Waals surface area contributed by atoms with Crippen molar-refractivity contribution in [2.24, 2.45) is 0 Å². The molecule has 0 aliphatic carbocycles. The highest BCUT2D eigenvalue weighted by Crippen LogP contribution is 2.29. The molecular formula is C18H15N3. The summed E-state index contributed by atoms with van der Waals surface area (Å²) in [6.07, 6.45) is 0. The number of rotatable bonds is 2. The van der Waals surface area contributed by atoms with E-state index in [1.54, 1.807) is 0 Å². The van der Waals surface area contributed by atoms with Crippen LogP contribution in [-0.4, -0.2) is 4.98 Å². The molecule has 3 rings (SSSR count). The number of nitrogens with one attached hydrogen (secondary N) is 1. The zero-order valence-corrected chi connectivity index (χ0v) is 12.0. The van der Waals surface area contributed by atoms with Crippen LogP contribution in [0.25, 0.3) is 10.9 Å². The summed E-state index contributed by atoms with van der Waals surface area (Å²) in [5, 5.41) is 13.8. The van der Waals surface area contributed by atoms with Crippen LogP contribution in [-0.2, 0) is 0 Å². The van der Waals surface area contributed by atoms with Gasteiger partial charge in [-0.3, -0.25) is 4.98 Å². The molecule has 0 saturated heterocycles. The van der Waals surface area contributed by atoms with E-state index in [0.29, 0.717) is 5.56 Å². The molecule has 0 aliphatic rings. The molecule has 0 spiro atoms. The Morgan fingerprint density at radius 2 is 1.86 bits per heavy atom. The van der Waals surface area contributed by atoms with Gasteiger partial charge >= 0.3 is 0 Å². The van der Waals surface area contributed by atoms with Crippen LogP contribution >= 0.6 is 0 Å². The number of anilines is 2. The lowest BCUT2D eigenvalue weighted by Gasteiger charge is -2.14. The Balaban J connectivity index is 2.17. The maximum atomic E-state index is 9.29. The molecule has 0 saturated carbocycles. The fourth-order valence-corrected chi connectivity index (χ4v) is 2.47. The van der Waals surface area contributed by atoms with Crippen LogP contribution in [0.3, 0.4) is 0 Å². The molecule has 102 valence electrons. The average molecular weight is 273 g/mol. The van der Waals surface area contributed by atoms with Crippen LogP contribution in [0.4, 0.5) is 11.4 Å². The molecule has 1 aromatic heterocycles. The first-order chi connectivity index (χ1) is 10.2. The summed E-state index contributed by atoms with van der Waals surface area (Å²) in [6, 6.07) is 18.0. The standard InChI is InChI=1S/C18H15N3/c1-12-6-5-7-14(11-19)18(12)21-17-10-13(2)20-16-9-4-3-8-15(16)17/h3-10H,1-2H3,(H,20,21). The second-order valence-electron chi connectivity index (χ2n) is 5.06. The minimum Gasteiger partial charge on any atom is -0.354 e. The predicted molar refractivity (Wildman–Crippen MR) is 85.7 cm³/mol.